The first-order valence-corrected chi connectivity index (χ1v) is 6.11. The first-order valence-electron chi connectivity index (χ1n) is 4.89. The summed E-state index contributed by atoms with van der Waals surface area (Å²) < 4.78 is 0. The van der Waals surface area contributed by atoms with Gasteiger partial charge in [-0.15, -0.1) is 11.8 Å². The molecule has 0 fully saturated rings. The van der Waals surface area contributed by atoms with Gasteiger partial charge in [0, 0.05) is 22.9 Å². The average Bonchev–Trinajstić information content (AvgIpc) is 2.39. The Kier molecular flexibility index (Phi) is 3.54. The predicted molar refractivity (Wildman–Crippen MR) is 64.3 cm³/mol. The van der Waals surface area contributed by atoms with Gasteiger partial charge in [0.15, 0.2) is 0 Å². The van der Waals surface area contributed by atoms with Crippen LogP contribution in [-0.2, 0) is 0 Å². The van der Waals surface area contributed by atoms with E-state index in [4.69, 9.17) is 0 Å². The molecule has 1 atom stereocenters. The van der Waals surface area contributed by atoms with Crippen molar-refractivity contribution in [2.75, 3.05) is 6.26 Å². The zero-order valence-corrected chi connectivity index (χ0v) is 9.69. The van der Waals surface area contributed by atoms with Crippen molar-refractivity contribution in [2.45, 2.75) is 11.0 Å². The summed E-state index contributed by atoms with van der Waals surface area (Å²) in [6.45, 7) is 0. The molecular formula is C12H12N2OS. The van der Waals surface area contributed by atoms with E-state index >= 15 is 0 Å². The van der Waals surface area contributed by atoms with E-state index in [0.717, 1.165) is 10.5 Å². The summed E-state index contributed by atoms with van der Waals surface area (Å²) in [6, 6.07) is 7.79. The van der Waals surface area contributed by atoms with Gasteiger partial charge in [-0.25, -0.2) is 9.97 Å². The van der Waals surface area contributed by atoms with E-state index in [2.05, 4.69) is 9.97 Å². The zero-order chi connectivity index (χ0) is 11.4. The molecule has 0 aliphatic heterocycles. The van der Waals surface area contributed by atoms with Crippen LogP contribution in [0.4, 0.5) is 0 Å². The molecule has 2 rings (SSSR count). The van der Waals surface area contributed by atoms with E-state index in [1.165, 1.54) is 6.33 Å². The first kappa shape index (κ1) is 11.1. The second kappa shape index (κ2) is 5.09. The molecule has 4 heteroatoms. The number of aliphatic hydroxyl groups excluding tert-OH is 1. The van der Waals surface area contributed by atoms with Crippen LogP contribution in [-0.4, -0.2) is 21.3 Å². The van der Waals surface area contributed by atoms with Crippen LogP contribution < -0.4 is 0 Å². The third-order valence-corrected chi connectivity index (χ3v) is 3.14. The number of benzene rings is 1. The van der Waals surface area contributed by atoms with Crippen LogP contribution >= 0.6 is 11.8 Å². The van der Waals surface area contributed by atoms with Gasteiger partial charge in [-0.3, -0.25) is 0 Å². The monoisotopic (exact) mass is 232 g/mol. The lowest BCUT2D eigenvalue weighted by Gasteiger charge is -2.13. The third kappa shape index (κ3) is 2.23. The molecule has 16 heavy (non-hydrogen) atoms. The second-order valence-electron chi connectivity index (χ2n) is 3.32. The summed E-state index contributed by atoms with van der Waals surface area (Å²) in [4.78, 5) is 8.89. The fraction of sp³-hybridized carbons (Fsp3) is 0.167. The van der Waals surface area contributed by atoms with E-state index in [-0.39, 0.29) is 0 Å². The smallest absolute Gasteiger partial charge is 0.115 e. The molecule has 0 saturated heterocycles. The van der Waals surface area contributed by atoms with Crippen LogP contribution in [0.2, 0.25) is 0 Å². The van der Waals surface area contributed by atoms with Gasteiger partial charge in [0.1, 0.15) is 12.4 Å². The number of aromatic nitrogens is 2. The molecule has 1 heterocycles. The Hall–Kier alpha value is -1.39. The maximum Gasteiger partial charge on any atom is 0.115 e. The molecule has 0 radical (unpaired) electrons. The maximum absolute atomic E-state index is 10.2. The Morgan fingerprint density at radius 1 is 1.19 bits per heavy atom. The third-order valence-electron chi connectivity index (χ3n) is 2.33. The second-order valence-corrected chi connectivity index (χ2v) is 4.16. The van der Waals surface area contributed by atoms with Crippen LogP contribution in [0.1, 0.15) is 17.2 Å². The summed E-state index contributed by atoms with van der Waals surface area (Å²) >= 11 is 1.62. The SMILES string of the molecule is CSc1ccccc1C(O)c1cncnc1. The Labute approximate surface area is 98.6 Å². The standard InChI is InChI=1S/C12H12N2OS/c1-16-11-5-3-2-4-10(11)12(15)9-6-13-8-14-7-9/h2-8,12,15H,1H3. The summed E-state index contributed by atoms with van der Waals surface area (Å²) in [5, 5.41) is 10.2. The normalized spacial score (nSPS) is 12.4. The van der Waals surface area contributed by atoms with Crippen molar-refractivity contribution in [3.63, 3.8) is 0 Å². The number of rotatable bonds is 3. The highest BCUT2D eigenvalue weighted by Crippen LogP contribution is 2.29. The van der Waals surface area contributed by atoms with Gasteiger partial charge in [-0.1, -0.05) is 18.2 Å². The number of aliphatic hydroxyl groups is 1. The zero-order valence-electron chi connectivity index (χ0n) is 8.87. The van der Waals surface area contributed by atoms with Gasteiger partial charge in [0.25, 0.3) is 0 Å². The Balaban J connectivity index is 2.37. The van der Waals surface area contributed by atoms with Gasteiger partial charge in [-0.05, 0) is 17.9 Å². The fourth-order valence-corrected chi connectivity index (χ4v) is 2.15. The summed E-state index contributed by atoms with van der Waals surface area (Å²) in [5.74, 6) is 0. The van der Waals surface area contributed by atoms with Crippen molar-refractivity contribution in [3.05, 3.63) is 54.1 Å². The minimum absolute atomic E-state index is 0.662. The molecule has 3 nitrogen and oxygen atoms in total. The fourth-order valence-electron chi connectivity index (χ4n) is 1.52. The van der Waals surface area contributed by atoms with Gasteiger partial charge >= 0.3 is 0 Å². The van der Waals surface area contributed by atoms with E-state index in [1.54, 1.807) is 24.2 Å². The van der Waals surface area contributed by atoms with Gasteiger partial charge in [0.2, 0.25) is 0 Å². The number of thioether (sulfide) groups is 1. The van der Waals surface area contributed by atoms with E-state index < -0.39 is 6.10 Å². The molecule has 1 N–H and O–H groups in total. The molecule has 0 aliphatic carbocycles. The van der Waals surface area contributed by atoms with Gasteiger partial charge in [0.05, 0.1) is 0 Å². The number of hydrogen-bond acceptors (Lipinski definition) is 4. The minimum atomic E-state index is -0.662. The molecule has 1 aromatic carbocycles. The van der Waals surface area contributed by atoms with E-state index in [0.29, 0.717) is 5.56 Å². The van der Waals surface area contributed by atoms with Crippen molar-refractivity contribution in [3.8, 4) is 0 Å². The predicted octanol–water partition coefficient (Wildman–Crippen LogP) is 2.28. The lowest BCUT2D eigenvalue weighted by atomic mass is 10.0. The van der Waals surface area contributed by atoms with Gasteiger partial charge in [-0.2, -0.15) is 0 Å². The highest BCUT2D eigenvalue weighted by molar-refractivity contribution is 7.98. The van der Waals surface area contributed by atoms with Crippen molar-refractivity contribution in [1.82, 2.24) is 9.97 Å². The molecule has 1 aromatic heterocycles. The molecular weight excluding hydrogens is 220 g/mol. The molecule has 0 amide bonds. The van der Waals surface area contributed by atoms with Crippen LogP contribution in [0.5, 0.6) is 0 Å². The van der Waals surface area contributed by atoms with Crippen LogP contribution in [0, 0.1) is 0 Å². The Bertz CT molecular complexity index is 462. The lowest BCUT2D eigenvalue weighted by Crippen LogP contribution is -2.02. The molecule has 0 spiro atoms. The maximum atomic E-state index is 10.2. The van der Waals surface area contributed by atoms with Crippen molar-refractivity contribution >= 4 is 11.8 Å². The van der Waals surface area contributed by atoms with Crippen molar-refractivity contribution in [1.29, 1.82) is 0 Å². The Morgan fingerprint density at radius 2 is 1.88 bits per heavy atom. The largest absolute Gasteiger partial charge is 0.383 e. The molecule has 82 valence electrons. The topological polar surface area (TPSA) is 46.0 Å². The lowest BCUT2D eigenvalue weighted by molar-refractivity contribution is 0.216. The van der Waals surface area contributed by atoms with Crippen molar-refractivity contribution in [2.24, 2.45) is 0 Å². The quantitative estimate of drug-likeness (QED) is 0.825. The van der Waals surface area contributed by atoms with E-state index in [9.17, 15) is 5.11 Å². The molecule has 1 unspecified atom stereocenters. The number of nitrogens with zero attached hydrogens (tertiary/aromatic N) is 2. The summed E-state index contributed by atoms with van der Waals surface area (Å²) in [6.07, 6.45) is 6.05. The molecule has 2 aromatic rings. The first-order chi connectivity index (χ1) is 7.83. The minimum Gasteiger partial charge on any atom is -0.383 e. The Morgan fingerprint density at radius 3 is 2.56 bits per heavy atom. The molecule has 0 aliphatic rings. The highest BCUT2D eigenvalue weighted by Gasteiger charge is 2.13. The summed E-state index contributed by atoms with van der Waals surface area (Å²) in [7, 11) is 0. The molecule has 0 bridgehead atoms. The van der Waals surface area contributed by atoms with E-state index in [1.807, 2.05) is 30.5 Å². The molecule has 0 saturated carbocycles. The van der Waals surface area contributed by atoms with Crippen LogP contribution in [0.15, 0.2) is 47.9 Å². The average molecular weight is 232 g/mol. The number of hydrogen-bond donors (Lipinski definition) is 1. The summed E-state index contributed by atoms with van der Waals surface area (Å²) in [5.41, 5.74) is 1.61. The van der Waals surface area contributed by atoms with Crippen molar-refractivity contribution < 1.29 is 5.11 Å². The van der Waals surface area contributed by atoms with Crippen LogP contribution in [0.25, 0.3) is 0 Å². The van der Waals surface area contributed by atoms with Gasteiger partial charge < -0.3 is 5.11 Å². The van der Waals surface area contributed by atoms with Crippen LogP contribution in [0.3, 0.4) is 0 Å². The highest BCUT2D eigenvalue weighted by atomic mass is 32.2.